The van der Waals surface area contributed by atoms with Gasteiger partial charge in [-0.05, 0) is 130 Å². The number of halogens is 2. The standard InChI is InChI=1S/C22H20ClN5.C15H11ClN4.C14H17NO3S/c1-13-7-21-16(8-20(13)26-2)18(17-10-27-11-19(25)22(17)23)12-28(21)15-5-3-14(9-24)4-6-15;1-8-3-14-9(4-13(8)18-2)10(6-20-14)11-5-19-7-12(17)15(11)16;1-11-2-8-14(9-3-11)19(16,17)18-13-6-4-12(10-15)5-7-13/h7-8,10-12,14-15H,3-6,25H2,1H3;3-7,20H,17H2,1H3;2-3,8-9,12-13H,4-7H2,1H3. The number of hydrogen-bond acceptors (Lipinski definition) is 9. The lowest BCUT2D eigenvalue weighted by Crippen LogP contribution is -2.24. The molecule has 0 spiro atoms. The van der Waals surface area contributed by atoms with Crippen molar-refractivity contribution in [1.29, 1.82) is 10.5 Å². The Morgan fingerprint density at radius 3 is 1.81 bits per heavy atom. The van der Waals surface area contributed by atoms with Crippen molar-refractivity contribution >= 4 is 77.9 Å². The fraction of sp³-hybridized carbons (Fsp3) is 0.294. The zero-order valence-corrected chi connectivity index (χ0v) is 39.6. The average molecular weight is 952 g/mol. The lowest BCUT2D eigenvalue weighted by atomic mass is 9.87. The van der Waals surface area contributed by atoms with E-state index in [1.807, 2.05) is 45.2 Å². The lowest BCUT2D eigenvalue weighted by Gasteiger charge is -2.27. The molecule has 0 aliphatic heterocycles. The van der Waals surface area contributed by atoms with Crippen LogP contribution in [0.2, 0.25) is 10.0 Å². The molecule has 2 aliphatic carbocycles. The van der Waals surface area contributed by atoms with Gasteiger partial charge in [0, 0.05) is 76.0 Å². The van der Waals surface area contributed by atoms with Gasteiger partial charge in [0.15, 0.2) is 11.4 Å². The maximum atomic E-state index is 12.1. The molecule has 0 atom stereocenters. The highest BCUT2D eigenvalue weighted by Crippen LogP contribution is 2.43. The number of nitrogens with two attached hydrogens (primary N) is 2. The molecular formula is C51H48Cl2N10O3S. The van der Waals surface area contributed by atoms with Crippen LogP contribution in [0.5, 0.6) is 0 Å². The van der Waals surface area contributed by atoms with Crippen molar-refractivity contribution in [2.75, 3.05) is 11.5 Å². The van der Waals surface area contributed by atoms with Gasteiger partial charge in [0.05, 0.1) is 70.1 Å². The van der Waals surface area contributed by atoms with Crippen LogP contribution in [-0.2, 0) is 14.3 Å². The van der Waals surface area contributed by atoms with Gasteiger partial charge >= 0.3 is 0 Å². The van der Waals surface area contributed by atoms with Crippen LogP contribution in [0, 0.1) is 68.4 Å². The SMILES string of the molecule is Cc1ccc(S(=O)(=O)OC2CCC(C#N)CC2)cc1.[C-]#[N+]c1cc2c(-c3cncc(N)c3Cl)c[nH]c2cc1C.[C-]#[N+]c1cc2c(-c3cncc(N)c3Cl)cn(C3CCC(C#N)CC3)c2cc1C. The van der Waals surface area contributed by atoms with Crippen molar-refractivity contribution < 1.29 is 12.6 Å². The smallest absolute Gasteiger partial charge is 0.297 e. The van der Waals surface area contributed by atoms with Crippen molar-refractivity contribution in [1.82, 2.24) is 19.5 Å². The topological polar surface area (TPSA) is 198 Å². The number of hydrogen-bond donors (Lipinski definition) is 3. The monoisotopic (exact) mass is 950 g/mol. The number of anilines is 2. The Labute approximate surface area is 400 Å². The summed E-state index contributed by atoms with van der Waals surface area (Å²) in [5.74, 6) is 0.197. The van der Waals surface area contributed by atoms with Crippen molar-refractivity contribution in [2.45, 2.75) is 89.2 Å². The highest BCUT2D eigenvalue weighted by atomic mass is 35.5. The highest BCUT2D eigenvalue weighted by molar-refractivity contribution is 7.86. The van der Waals surface area contributed by atoms with E-state index >= 15 is 0 Å². The Kier molecular flexibility index (Phi) is 14.9. The first kappa shape index (κ1) is 48.0. The van der Waals surface area contributed by atoms with Crippen LogP contribution in [-0.4, -0.2) is 34.0 Å². The summed E-state index contributed by atoms with van der Waals surface area (Å²) in [5.41, 5.74) is 22.2. The van der Waals surface area contributed by atoms with Crippen molar-refractivity contribution in [3.63, 3.8) is 0 Å². The third kappa shape index (κ3) is 10.6. The van der Waals surface area contributed by atoms with Crippen LogP contribution < -0.4 is 11.5 Å². The number of rotatable bonds is 6. The molecule has 16 heteroatoms. The van der Waals surface area contributed by atoms with Crippen LogP contribution >= 0.6 is 23.2 Å². The molecule has 4 heterocycles. The van der Waals surface area contributed by atoms with Crippen molar-refractivity contribution in [2.24, 2.45) is 11.8 Å². The quantitative estimate of drug-likeness (QED) is 0.107. The van der Waals surface area contributed by atoms with E-state index in [0.29, 0.717) is 64.5 Å². The Morgan fingerprint density at radius 1 is 0.731 bits per heavy atom. The highest BCUT2D eigenvalue weighted by Gasteiger charge is 2.28. The van der Waals surface area contributed by atoms with Gasteiger partial charge in [0.2, 0.25) is 0 Å². The summed E-state index contributed by atoms with van der Waals surface area (Å²) in [6.07, 6.45) is 16.6. The molecule has 3 aromatic carbocycles. The van der Waals surface area contributed by atoms with Gasteiger partial charge in [-0.25, -0.2) is 9.69 Å². The maximum absolute atomic E-state index is 12.1. The summed E-state index contributed by atoms with van der Waals surface area (Å²) in [6.45, 7) is 20.5. The number of pyridine rings is 2. The van der Waals surface area contributed by atoms with Gasteiger partial charge in [-0.15, -0.1) is 0 Å². The van der Waals surface area contributed by atoms with E-state index in [9.17, 15) is 13.7 Å². The van der Waals surface area contributed by atoms with Crippen LogP contribution in [0.3, 0.4) is 0 Å². The van der Waals surface area contributed by atoms with E-state index in [-0.39, 0.29) is 22.8 Å². The second kappa shape index (κ2) is 20.7. The number of nitrogens with one attached hydrogen (secondary N) is 1. The fourth-order valence-corrected chi connectivity index (χ4v) is 10.2. The Balaban J connectivity index is 0.000000153. The minimum atomic E-state index is -3.68. The molecule has 13 nitrogen and oxygen atoms in total. The number of benzene rings is 3. The van der Waals surface area contributed by atoms with Gasteiger partial charge in [-0.3, -0.25) is 14.2 Å². The minimum absolute atomic E-state index is 0.0435. The zero-order chi connectivity index (χ0) is 48.0. The molecule has 340 valence electrons. The first-order valence-corrected chi connectivity index (χ1v) is 23.9. The molecule has 9 rings (SSSR count). The van der Waals surface area contributed by atoms with E-state index in [2.05, 4.69) is 53.6 Å². The summed E-state index contributed by atoms with van der Waals surface area (Å²) in [4.78, 5) is 18.9. The summed E-state index contributed by atoms with van der Waals surface area (Å²) in [7, 11) is -3.68. The van der Waals surface area contributed by atoms with Gasteiger partial charge in [-0.1, -0.05) is 40.9 Å². The largest absolute Gasteiger partial charge is 0.396 e. The van der Waals surface area contributed by atoms with Crippen molar-refractivity contribution in [3.8, 4) is 34.4 Å². The van der Waals surface area contributed by atoms with Crippen molar-refractivity contribution in [3.05, 3.63) is 135 Å². The minimum Gasteiger partial charge on any atom is -0.396 e. The van der Waals surface area contributed by atoms with Gasteiger partial charge < -0.3 is 21.0 Å². The molecule has 0 bridgehead atoms. The first-order valence-electron chi connectivity index (χ1n) is 21.8. The molecular weight excluding hydrogens is 904 g/mol. The summed E-state index contributed by atoms with van der Waals surface area (Å²) in [5, 5.41) is 20.9. The molecule has 7 aromatic rings. The average Bonchev–Trinajstić information content (AvgIpc) is 3.91. The number of aromatic nitrogens is 4. The second-order valence-electron chi connectivity index (χ2n) is 17.0. The summed E-state index contributed by atoms with van der Waals surface area (Å²) >= 11 is 12.7. The number of H-pyrrole nitrogens is 1. The molecule has 2 aliphatic rings. The van der Waals surface area contributed by atoms with E-state index in [4.69, 9.17) is 57.3 Å². The molecule has 67 heavy (non-hydrogen) atoms. The predicted octanol–water partition coefficient (Wildman–Crippen LogP) is 13.2. The number of fused-ring (bicyclic) bond motifs is 2. The predicted molar refractivity (Wildman–Crippen MR) is 265 cm³/mol. The van der Waals surface area contributed by atoms with Crippen LogP contribution in [0.1, 0.15) is 74.1 Å². The fourth-order valence-electron chi connectivity index (χ4n) is 8.64. The lowest BCUT2D eigenvalue weighted by molar-refractivity contribution is 0.149. The summed E-state index contributed by atoms with van der Waals surface area (Å²) in [6, 6.07) is 19.4. The van der Waals surface area contributed by atoms with Gasteiger partial charge in [0.25, 0.3) is 10.1 Å². The first-order chi connectivity index (χ1) is 32.2. The normalized spacial score (nSPS) is 18.0. The number of aromatic amines is 1. The summed E-state index contributed by atoms with van der Waals surface area (Å²) < 4.78 is 31.7. The Hall–Kier alpha value is -6.91. The third-order valence-corrected chi connectivity index (χ3v) is 14.7. The number of nitriles is 2. The molecule has 0 radical (unpaired) electrons. The molecule has 0 unspecified atom stereocenters. The van der Waals surface area contributed by atoms with E-state index in [1.54, 1.807) is 42.9 Å². The molecule has 2 fully saturated rings. The number of aryl methyl sites for hydroxylation is 3. The Morgan fingerprint density at radius 2 is 1.25 bits per heavy atom. The van der Waals surface area contributed by atoms with Crippen LogP contribution in [0.25, 0.3) is 53.7 Å². The Bertz CT molecular complexity index is 3250. The van der Waals surface area contributed by atoms with E-state index in [1.165, 1.54) is 6.20 Å². The maximum Gasteiger partial charge on any atom is 0.297 e. The van der Waals surface area contributed by atoms with Gasteiger partial charge in [-0.2, -0.15) is 18.9 Å². The second-order valence-corrected chi connectivity index (χ2v) is 19.3. The number of nitrogen functional groups attached to an aromatic ring is 2. The van der Waals surface area contributed by atoms with E-state index < -0.39 is 10.1 Å². The molecule has 0 amide bonds. The molecule has 4 aromatic heterocycles. The van der Waals surface area contributed by atoms with E-state index in [0.717, 1.165) is 86.4 Å². The zero-order valence-electron chi connectivity index (χ0n) is 37.2. The van der Waals surface area contributed by atoms with Crippen LogP contribution in [0.4, 0.5) is 22.7 Å². The molecule has 0 saturated heterocycles. The third-order valence-electron chi connectivity index (χ3n) is 12.5. The van der Waals surface area contributed by atoms with Gasteiger partial charge in [0.1, 0.15) is 0 Å². The number of nitrogens with zero attached hydrogens (tertiary/aromatic N) is 7. The molecule has 2 saturated carbocycles. The molecule has 5 N–H and O–H groups in total. The van der Waals surface area contributed by atoms with Crippen LogP contribution in [0.15, 0.2) is 90.6 Å².